The van der Waals surface area contributed by atoms with Crippen molar-refractivity contribution < 1.29 is 26.3 Å². The lowest BCUT2D eigenvalue weighted by Crippen LogP contribution is -2.29. The van der Waals surface area contributed by atoms with Crippen LogP contribution in [0.3, 0.4) is 0 Å². The van der Waals surface area contributed by atoms with Crippen molar-refractivity contribution >= 4 is 10.0 Å². The predicted molar refractivity (Wildman–Crippen MR) is 83.2 cm³/mol. The molecule has 0 aromatic heterocycles. The Kier molecular flexibility index (Phi) is 5.51. The Morgan fingerprint density at radius 1 is 1.04 bits per heavy atom. The lowest BCUT2D eigenvalue weighted by Gasteiger charge is -2.16. The van der Waals surface area contributed by atoms with Gasteiger partial charge >= 0.3 is 6.36 Å². The van der Waals surface area contributed by atoms with E-state index >= 15 is 0 Å². The van der Waals surface area contributed by atoms with E-state index in [1.807, 2.05) is 37.3 Å². The molecule has 24 heavy (non-hydrogen) atoms. The van der Waals surface area contributed by atoms with Crippen LogP contribution in [0.1, 0.15) is 18.4 Å². The number of para-hydroxylation sites is 1. The molecule has 4 nitrogen and oxygen atoms in total. The molecule has 0 aliphatic rings. The Morgan fingerprint density at radius 2 is 1.62 bits per heavy atom. The quantitative estimate of drug-likeness (QED) is 0.856. The van der Waals surface area contributed by atoms with E-state index in [-0.39, 0.29) is 12.5 Å². The number of hydrogen-bond donors (Lipinski definition) is 1. The van der Waals surface area contributed by atoms with E-state index < -0.39 is 27.0 Å². The van der Waals surface area contributed by atoms with Crippen LogP contribution in [0.25, 0.3) is 0 Å². The highest BCUT2D eigenvalue weighted by Crippen LogP contribution is 2.29. The van der Waals surface area contributed by atoms with Crippen LogP contribution in [-0.4, -0.2) is 21.3 Å². The van der Waals surface area contributed by atoms with Gasteiger partial charge in [-0.2, -0.15) is 0 Å². The predicted octanol–water partition coefficient (Wildman–Crippen LogP) is 3.67. The molecule has 1 N–H and O–H groups in total. The first-order valence-electron chi connectivity index (χ1n) is 7.08. The number of ether oxygens (including phenoxy) is 1. The molecule has 0 amide bonds. The van der Waals surface area contributed by atoms with Crippen LogP contribution in [0.5, 0.6) is 5.75 Å². The Labute approximate surface area is 138 Å². The third-order valence-electron chi connectivity index (χ3n) is 3.31. The van der Waals surface area contributed by atoms with Gasteiger partial charge in [-0.1, -0.05) is 49.4 Å². The van der Waals surface area contributed by atoms with E-state index in [0.717, 1.165) is 17.7 Å². The van der Waals surface area contributed by atoms with E-state index in [2.05, 4.69) is 9.46 Å². The molecule has 2 aromatic carbocycles. The summed E-state index contributed by atoms with van der Waals surface area (Å²) in [5.74, 6) is -0.901. The van der Waals surface area contributed by atoms with Crippen molar-refractivity contribution in [1.82, 2.24) is 4.72 Å². The van der Waals surface area contributed by atoms with E-state index in [1.165, 1.54) is 12.1 Å². The highest BCUT2D eigenvalue weighted by Gasteiger charge is 2.34. The maximum Gasteiger partial charge on any atom is 0.573 e. The summed E-state index contributed by atoms with van der Waals surface area (Å²) in [5, 5.41) is 0. The van der Waals surface area contributed by atoms with E-state index in [4.69, 9.17) is 0 Å². The maximum atomic E-state index is 12.4. The number of sulfonamides is 1. The third kappa shape index (κ3) is 4.97. The third-order valence-corrected chi connectivity index (χ3v) is 4.78. The highest BCUT2D eigenvalue weighted by molar-refractivity contribution is 7.89. The van der Waals surface area contributed by atoms with Gasteiger partial charge < -0.3 is 4.74 Å². The molecule has 1 atom stereocenters. The normalized spacial score (nSPS) is 13.5. The summed E-state index contributed by atoms with van der Waals surface area (Å²) in [6, 6.07) is 13.8. The molecule has 0 bridgehead atoms. The first-order valence-corrected chi connectivity index (χ1v) is 8.57. The van der Waals surface area contributed by atoms with Gasteiger partial charge in [0.15, 0.2) is 0 Å². The van der Waals surface area contributed by atoms with Crippen molar-refractivity contribution in [1.29, 1.82) is 0 Å². The summed E-state index contributed by atoms with van der Waals surface area (Å²) < 4.78 is 68.0. The van der Waals surface area contributed by atoms with Crippen LogP contribution in [0, 0.1) is 0 Å². The van der Waals surface area contributed by atoms with Crippen LogP contribution < -0.4 is 9.46 Å². The first kappa shape index (κ1) is 18.3. The summed E-state index contributed by atoms with van der Waals surface area (Å²) in [6.45, 7) is 1.86. The minimum absolute atomic E-state index is 0.0483. The number of benzene rings is 2. The van der Waals surface area contributed by atoms with Crippen molar-refractivity contribution in [3.8, 4) is 5.75 Å². The molecule has 130 valence electrons. The standard InChI is InChI=1S/C16H16F3NO3S/c1-12(13-7-3-2-4-8-13)11-20-24(21,22)15-10-6-5-9-14(15)23-16(17,18)19/h2-10,12,20H,11H2,1H3. The molecule has 0 heterocycles. The summed E-state index contributed by atoms with van der Waals surface area (Å²) in [4.78, 5) is -0.553. The minimum Gasteiger partial charge on any atom is -0.404 e. The fraction of sp³-hybridized carbons (Fsp3) is 0.250. The molecule has 2 rings (SSSR count). The average molecular weight is 359 g/mol. The largest absolute Gasteiger partial charge is 0.573 e. The molecule has 2 aromatic rings. The second-order valence-electron chi connectivity index (χ2n) is 5.16. The summed E-state index contributed by atoms with van der Waals surface area (Å²) >= 11 is 0. The molecular weight excluding hydrogens is 343 g/mol. The van der Waals surface area contributed by atoms with Gasteiger partial charge in [0.2, 0.25) is 10.0 Å². The smallest absolute Gasteiger partial charge is 0.404 e. The zero-order valence-corrected chi connectivity index (χ0v) is 13.6. The first-order chi connectivity index (χ1) is 11.2. The molecule has 0 saturated carbocycles. The Morgan fingerprint density at radius 3 is 2.25 bits per heavy atom. The van der Waals surface area contributed by atoms with Crippen LogP contribution in [0.15, 0.2) is 59.5 Å². The monoisotopic (exact) mass is 359 g/mol. The van der Waals surface area contributed by atoms with Gasteiger partial charge in [0, 0.05) is 6.54 Å². The zero-order valence-electron chi connectivity index (χ0n) is 12.7. The molecular formula is C16H16F3NO3S. The van der Waals surface area contributed by atoms with Gasteiger partial charge in [-0.3, -0.25) is 0 Å². The summed E-state index contributed by atoms with van der Waals surface area (Å²) in [6.07, 6.45) is -4.97. The Bertz CT molecular complexity index is 777. The highest BCUT2D eigenvalue weighted by atomic mass is 32.2. The van der Waals surface area contributed by atoms with Crippen molar-refractivity contribution in [3.63, 3.8) is 0 Å². The molecule has 1 unspecified atom stereocenters. The number of alkyl halides is 3. The Hall–Kier alpha value is -2.06. The molecule has 0 radical (unpaired) electrons. The summed E-state index contributed by atoms with van der Waals surface area (Å²) in [5.41, 5.74) is 0.917. The van der Waals surface area contributed by atoms with Gasteiger partial charge in [0.1, 0.15) is 10.6 Å². The second-order valence-corrected chi connectivity index (χ2v) is 6.89. The molecule has 0 fully saturated rings. The zero-order chi connectivity index (χ0) is 17.8. The fourth-order valence-electron chi connectivity index (χ4n) is 2.09. The maximum absolute atomic E-state index is 12.4. The number of nitrogens with one attached hydrogen (secondary N) is 1. The van der Waals surface area contributed by atoms with Gasteiger partial charge in [-0.15, -0.1) is 13.2 Å². The Balaban J connectivity index is 2.16. The van der Waals surface area contributed by atoms with E-state index in [9.17, 15) is 21.6 Å². The van der Waals surface area contributed by atoms with Crippen molar-refractivity contribution in [2.45, 2.75) is 24.1 Å². The molecule has 8 heteroatoms. The number of rotatable bonds is 6. The van der Waals surface area contributed by atoms with Crippen molar-refractivity contribution in [3.05, 3.63) is 60.2 Å². The molecule has 0 saturated heterocycles. The van der Waals surface area contributed by atoms with E-state index in [1.54, 1.807) is 0 Å². The van der Waals surface area contributed by atoms with Gasteiger partial charge in [0.25, 0.3) is 0 Å². The topological polar surface area (TPSA) is 55.4 Å². The average Bonchev–Trinajstić information content (AvgIpc) is 2.52. The second kappa shape index (κ2) is 7.23. The van der Waals surface area contributed by atoms with Crippen LogP contribution >= 0.6 is 0 Å². The number of halogens is 3. The van der Waals surface area contributed by atoms with Gasteiger partial charge in [-0.05, 0) is 23.6 Å². The lowest BCUT2D eigenvalue weighted by atomic mass is 10.0. The van der Waals surface area contributed by atoms with Crippen molar-refractivity contribution in [2.75, 3.05) is 6.54 Å². The van der Waals surface area contributed by atoms with Gasteiger partial charge in [0.05, 0.1) is 0 Å². The van der Waals surface area contributed by atoms with Crippen LogP contribution in [0.2, 0.25) is 0 Å². The fourth-order valence-corrected chi connectivity index (χ4v) is 3.35. The minimum atomic E-state index is -4.97. The molecule has 0 spiro atoms. The van der Waals surface area contributed by atoms with Crippen LogP contribution in [-0.2, 0) is 10.0 Å². The van der Waals surface area contributed by atoms with E-state index in [0.29, 0.717) is 0 Å². The van der Waals surface area contributed by atoms with Crippen molar-refractivity contribution in [2.24, 2.45) is 0 Å². The molecule has 0 aliphatic heterocycles. The van der Waals surface area contributed by atoms with Crippen LogP contribution in [0.4, 0.5) is 13.2 Å². The summed E-state index contributed by atoms with van der Waals surface area (Å²) in [7, 11) is -4.14. The SMILES string of the molecule is CC(CNS(=O)(=O)c1ccccc1OC(F)(F)F)c1ccccc1. The lowest BCUT2D eigenvalue weighted by molar-refractivity contribution is -0.275. The number of hydrogen-bond acceptors (Lipinski definition) is 3. The molecule has 0 aliphatic carbocycles. The van der Waals surface area contributed by atoms with Gasteiger partial charge in [-0.25, -0.2) is 13.1 Å².